The number of carbonyl (C=O) groups excluding carboxylic acids is 2. The number of ketones is 1. The number of H-pyrrole nitrogens is 1. The van der Waals surface area contributed by atoms with Crippen molar-refractivity contribution in [2.45, 2.75) is 57.9 Å². The number of nitrogens with zero attached hydrogens (tertiary/aromatic N) is 3. The number of nitriles is 1. The first-order valence-electron chi connectivity index (χ1n) is 11.5. The Morgan fingerprint density at radius 1 is 1.28 bits per heavy atom. The van der Waals surface area contributed by atoms with Crippen LogP contribution in [-0.2, 0) is 9.59 Å². The SMILES string of the molecule is CC(=O)CCCCC[C@H](NC(=O)C1CCN(C)CC1)c1ncc(-c2cccc(C#N)c2)[nH]1. The topological polar surface area (TPSA) is 102 Å². The number of piperidine rings is 1. The molecule has 7 heteroatoms. The van der Waals surface area contributed by atoms with Gasteiger partial charge in [0.2, 0.25) is 5.91 Å². The summed E-state index contributed by atoms with van der Waals surface area (Å²) in [5.41, 5.74) is 2.31. The van der Waals surface area contributed by atoms with Gasteiger partial charge in [0.25, 0.3) is 0 Å². The van der Waals surface area contributed by atoms with Gasteiger partial charge in [-0.2, -0.15) is 5.26 Å². The summed E-state index contributed by atoms with van der Waals surface area (Å²) >= 11 is 0. The lowest BCUT2D eigenvalue weighted by Crippen LogP contribution is -2.40. The standard InChI is InChI=1S/C25H33N5O2/c1-18(31)7-4-3-5-10-22(29-25(32)20-11-13-30(2)14-12-20)24-27-17-23(28-24)21-9-6-8-19(15-21)16-26/h6,8-9,15,17,20,22H,3-5,7,10-14H2,1-2H3,(H,27,28)(H,29,32)/t22-/m0/s1. The molecule has 3 rings (SSSR count). The summed E-state index contributed by atoms with van der Waals surface area (Å²) in [7, 11) is 2.09. The largest absolute Gasteiger partial charge is 0.346 e. The zero-order chi connectivity index (χ0) is 22.9. The van der Waals surface area contributed by atoms with Crippen LogP contribution in [0.4, 0.5) is 0 Å². The van der Waals surface area contributed by atoms with Crippen LogP contribution in [0.25, 0.3) is 11.3 Å². The molecule has 2 aromatic rings. The number of aromatic nitrogens is 2. The van der Waals surface area contributed by atoms with Crippen molar-refractivity contribution in [3.8, 4) is 17.3 Å². The van der Waals surface area contributed by atoms with Gasteiger partial charge in [-0.05, 0) is 64.9 Å². The molecule has 0 bridgehead atoms. The quantitative estimate of drug-likeness (QED) is 0.550. The van der Waals surface area contributed by atoms with Gasteiger partial charge in [-0.1, -0.05) is 25.0 Å². The summed E-state index contributed by atoms with van der Waals surface area (Å²) in [5, 5.41) is 12.4. The number of Topliss-reactive ketones (excluding diaryl/α,β-unsaturated/α-hetero) is 1. The highest BCUT2D eigenvalue weighted by molar-refractivity contribution is 5.79. The minimum absolute atomic E-state index is 0.0353. The van der Waals surface area contributed by atoms with E-state index in [1.807, 2.05) is 18.2 Å². The molecule has 1 aliphatic heterocycles. The van der Waals surface area contributed by atoms with E-state index in [1.54, 1.807) is 19.2 Å². The number of imidazole rings is 1. The fraction of sp³-hybridized carbons (Fsp3) is 0.520. The summed E-state index contributed by atoms with van der Waals surface area (Å²) < 4.78 is 0. The summed E-state index contributed by atoms with van der Waals surface area (Å²) in [4.78, 5) is 34.4. The molecule has 0 saturated carbocycles. The zero-order valence-electron chi connectivity index (χ0n) is 19.1. The molecular weight excluding hydrogens is 402 g/mol. The number of unbranched alkanes of at least 4 members (excludes halogenated alkanes) is 2. The van der Waals surface area contributed by atoms with E-state index in [9.17, 15) is 9.59 Å². The molecule has 2 heterocycles. The third kappa shape index (κ3) is 6.76. The molecule has 1 atom stereocenters. The minimum Gasteiger partial charge on any atom is -0.346 e. The zero-order valence-corrected chi connectivity index (χ0v) is 19.1. The Kier molecular flexibility index (Phi) is 8.57. The number of carbonyl (C=O) groups is 2. The molecule has 7 nitrogen and oxygen atoms in total. The second-order valence-corrected chi connectivity index (χ2v) is 8.81. The third-order valence-electron chi connectivity index (χ3n) is 6.16. The average molecular weight is 436 g/mol. The van der Waals surface area contributed by atoms with Crippen molar-refractivity contribution in [1.82, 2.24) is 20.2 Å². The van der Waals surface area contributed by atoms with Gasteiger partial charge in [0.05, 0.1) is 29.6 Å². The van der Waals surface area contributed by atoms with Crippen molar-refractivity contribution in [3.05, 3.63) is 41.9 Å². The van der Waals surface area contributed by atoms with Crippen LogP contribution in [0.2, 0.25) is 0 Å². The number of hydrogen-bond donors (Lipinski definition) is 2. The Hall–Kier alpha value is -2.98. The molecular formula is C25H33N5O2. The van der Waals surface area contributed by atoms with Crippen molar-refractivity contribution in [1.29, 1.82) is 5.26 Å². The Morgan fingerprint density at radius 2 is 2.06 bits per heavy atom. The number of rotatable bonds is 10. The van der Waals surface area contributed by atoms with Crippen LogP contribution in [0, 0.1) is 17.2 Å². The first kappa shape index (κ1) is 23.7. The first-order chi connectivity index (χ1) is 15.5. The van der Waals surface area contributed by atoms with Gasteiger partial charge >= 0.3 is 0 Å². The Morgan fingerprint density at radius 3 is 2.78 bits per heavy atom. The van der Waals surface area contributed by atoms with Gasteiger partial charge in [0.1, 0.15) is 11.6 Å². The summed E-state index contributed by atoms with van der Waals surface area (Å²) in [6.07, 6.45) is 7.60. The number of aromatic amines is 1. The van der Waals surface area contributed by atoms with E-state index in [1.165, 1.54) is 0 Å². The van der Waals surface area contributed by atoms with Crippen LogP contribution in [0.5, 0.6) is 0 Å². The van der Waals surface area contributed by atoms with Gasteiger partial charge in [-0.15, -0.1) is 0 Å². The van der Waals surface area contributed by atoms with Crippen LogP contribution in [-0.4, -0.2) is 46.7 Å². The predicted molar refractivity (Wildman–Crippen MR) is 124 cm³/mol. The lowest BCUT2D eigenvalue weighted by molar-refractivity contribution is -0.127. The molecule has 1 aromatic carbocycles. The molecule has 1 aromatic heterocycles. The van der Waals surface area contributed by atoms with Crippen LogP contribution in [0.3, 0.4) is 0 Å². The average Bonchev–Trinajstić information content (AvgIpc) is 3.28. The van der Waals surface area contributed by atoms with Crippen molar-refractivity contribution < 1.29 is 9.59 Å². The molecule has 0 radical (unpaired) electrons. The highest BCUT2D eigenvalue weighted by Crippen LogP contribution is 2.25. The lowest BCUT2D eigenvalue weighted by atomic mass is 9.95. The van der Waals surface area contributed by atoms with Crippen LogP contribution < -0.4 is 5.32 Å². The maximum absolute atomic E-state index is 13.0. The number of amides is 1. The Bertz CT molecular complexity index is 953. The van der Waals surface area contributed by atoms with Crippen LogP contribution in [0.15, 0.2) is 30.5 Å². The predicted octanol–water partition coefficient (Wildman–Crippen LogP) is 3.99. The van der Waals surface area contributed by atoms with E-state index in [-0.39, 0.29) is 23.7 Å². The van der Waals surface area contributed by atoms with Crippen molar-refractivity contribution in [2.75, 3.05) is 20.1 Å². The molecule has 1 saturated heterocycles. The van der Waals surface area contributed by atoms with Gasteiger partial charge in [-0.3, -0.25) is 4.79 Å². The van der Waals surface area contributed by atoms with Crippen molar-refractivity contribution in [2.24, 2.45) is 5.92 Å². The highest BCUT2D eigenvalue weighted by Gasteiger charge is 2.26. The molecule has 0 spiro atoms. The second kappa shape index (κ2) is 11.6. The summed E-state index contributed by atoms with van der Waals surface area (Å²) in [6.45, 7) is 3.50. The molecule has 1 aliphatic rings. The van der Waals surface area contributed by atoms with E-state index in [4.69, 9.17) is 5.26 Å². The molecule has 1 amide bonds. The van der Waals surface area contributed by atoms with Crippen LogP contribution >= 0.6 is 0 Å². The third-order valence-corrected chi connectivity index (χ3v) is 6.16. The fourth-order valence-electron chi connectivity index (χ4n) is 4.15. The number of hydrogen-bond acceptors (Lipinski definition) is 5. The molecule has 0 unspecified atom stereocenters. The van der Waals surface area contributed by atoms with E-state index in [0.29, 0.717) is 12.0 Å². The normalized spacial score (nSPS) is 15.8. The first-order valence-corrected chi connectivity index (χ1v) is 11.5. The van der Waals surface area contributed by atoms with Gasteiger partial charge in [0.15, 0.2) is 0 Å². The number of benzene rings is 1. The van der Waals surface area contributed by atoms with Crippen molar-refractivity contribution >= 4 is 11.7 Å². The number of likely N-dealkylation sites (tertiary alicyclic amines) is 1. The summed E-state index contributed by atoms with van der Waals surface area (Å²) in [6, 6.07) is 9.34. The second-order valence-electron chi connectivity index (χ2n) is 8.81. The highest BCUT2D eigenvalue weighted by atomic mass is 16.2. The molecule has 1 fully saturated rings. The smallest absolute Gasteiger partial charge is 0.223 e. The van der Waals surface area contributed by atoms with E-state index in [0.717, 1.165) is 68.7 Å². The lowest BCUT2D eigenvalue weighted by Gasteiger charge is -2.29. The monoisotopic (exact) mass is 435 g/mol. The van der Waals surface area contributed by atoms with Gasteiger partial charge in [-0.25, -0.2) is 4.98 Å². The summed E-state index contributed by atoms with van der Waals surface area (Å²) in [5.74, 6) is 1.08. The molecule has 170 valence electrons. The molecule has 0 aliphatic carbocycles. The maximum atomic E-state index is 13.0. The Balaban J connectivity index is 1.69. The number of nitrogens with one attached hydrogen (secondary N) is 2. The fourth-order valence-corrected chi connectivity index (χ4v) is 4.15. The van der Waals surface area contributed by atoms with E-state index >= 15 is 0 Å². The maximum Gasteiger partial charge on any atom is 0.223 e. The molecule has 32 heavy (non-hydrogen) atoms. The van der Waals surface area contributed by atoms with Crippen LogP contribution in [0.1, 0.15) is 69.3 Å². The van der Waals surface area contributed by atoms with Gasteiger partial charge in [0, 0.05) is 17.9 Å². The van der Waals surface area contributed by atoms with Crippen molar-refractivity contribution in [3.63, 3.8) is 0 Å². The van der Waals surface area contributed by atoms with Gasteiger partial charge < -0.3 is 20.0 Å². The molecule has 2 N–H and O–H groups in total. The van der Waals surface area contributed by atoms with E-state index < -0.39 is 0 Å². The van der Waals surface area contributed by atoms with E-state index in [2.05, 4.69) is 33.3 Å². The Labute approximate surface area is 190 Å². The minimum atomic E-state index is -0.201.